The molecule has 0 bridgehead atoms. The van der Waals surface area contributed by atoms with E-state index in [9.17, 15) is 8.42 Å². The zero-order valence-electron chi connectivity index (χ0n) is 17.8. The number of fused-ring (bicyclic) bond motifs is 1. The molecule has 0 aliphatic carbocycles. The van der Waals surface area contributed by atoms with E-state index in [4.69, 9.17) is 4.74 Å². The van der Waals surface area contributed by atoms with Crippen LogP contribution in [0.3, 0.4) is 0 Å². The molecule has 1 heterocycles. The van der Waals surface area contributed by atoms with Gasteiger partial charge in [0, 0.05) is 23.8 Å². The van der Waals surface area contributed by atoms with Crippen molar-refractivity contribution in [3.8, 4) is 5.75 Å². The van der Waals surface area contributed by atoms with E-state index < -0.39 is 9.84 Å². The maximum absolute atomic E-state index is 11.8. The molecule has 0 unspecified atom stereocenters. The number of rotatable bonds is 3. The fourth-order valence-electron chi connectivity index (χ4n) is 3.68. The SMILES string of the molecule is CC(C)(C)c1ccc(C2=C(c3ccc(S(C)(=O)=O)cc3)Oc3ccccc3C2)cc1. The third-order valence-corrected chi connectivity index (χ3v) is 6.60. The Morgan fingerprint density at radius 2 is 1.40 bits per heavy atom. The average Bonchev–Trinajstić information content (AvgIpc) is 2.72. The van der Waals surface area contributed by atoms with Crippen molar-refractivity contribution in [2.24, 2.45) is 0 Å². The first-order valence-corrected chi connectivity index (χ1v) is 11.9. The number of allylic oxidation sites excluding steroid dienone is 1. The van der Waals surface area contributed by atoms with Crippen molar-refractivity contribution in [3.63, 3.8) is 0 Å². The van der Waals surface area contributed by atoms with Crippen LogP contribution in [-0.4, -0.2) is 14.7 Å². The smallest absolute Gasteiger partial charge is 0.175 e. The zero-order valence-corrected chi connectivity index (χ0v) is 18.6. The first-order chi connectivity index (χ1) is 14.1. The van der Waals surface area contributed by atoms with Crippen LogP contribution in [-0.2, 0) is 21.7 Å². The summed E-state index contributed by atoms with van der Waals surface area (Å²) in [5, 5.41) is 0. The first kappa shape index (κ1) is 20.4. The van der Waals surface area contributed by atoms with E-state index in [0.29, 0.717) is 4.90 Å². The third kappa shape index (κ3) is 4.05. The minimum atomic E-state index is -3.24. The Morgan fingerprint density at radius 1 is 0.800 bits per heavy atom. The van der Waals surface area contributed by atoms with Crippen LogP contribution < -0.4 is 4.74 Å². The Morgan fingerprint density at radius 3 is 2.00 bits per heavy atom. The van der Waals surface area contributed by atoms with E-state index >= 15 is 0 Å². The van der Waals surface area contributed by atoms with Gasteiger partial charge in [0.05, 0.1) is 4.90 Å². The highest BCUT2D eigenvalue weighted by molar-refractivity contribution is 7.90. The van der Waals surface area contributed by atoms with E-state index in [0.717, 1.165) is 40.2 Å². The highest BCUT2D eigenvalue weighted by Gasteiger charge is 2.23. The molecule has 0 fully saturated rings. The van der Waals surface area contributed by atoms with Crippen LogP contribution in [0.1, 0.15) is 43.0 Å². The second-order valence-corrected chi connectivity index (χ2v) is 10.8. The van der Waals surface area contributed by atoms with E-state index in [-0.39, 0.29) is 5.41 Å². The molecule has 154 valence electrons. The van der Waals surface area contributed by atoms with Crippen LogP contribution in [0.4, 0.5) is 0 Å². The monoisotopic (exact) mass is 418 g/mol. The van der Waals surface area contributed by atoms with Crippen LogP contribution in [0.15, 0.2) is 77.7 Å². The number of sulfone groups is 1. The van der Waals surface area contributed by atoms with E-state index in [2.05, 4.69) is 51.1 Å². The van der Waals surface area contributed by atoms with Gasteiger partial charge in [0.25, 0.3) is 0 Å². The molecule has 3 aromatic rings. The second kappa shape index (κ2) is 7.44. The summed E-state index contributed by atoms with van der Waals surface area (Å²) in [6.07, 6.45) is 1.98. The molecular weight excluding hydrogens is 392 g/mol. The molecule has 0 aromatic heterocycles. The van der Waals surface area contributed by atoms with Gasteiger partial charge in [-0.25, -0.2) is 8.42 Å². The molecule has 4 rings (SSSR count). The van der Waals surface area contributed by atoms with Gasteiger partial charge in [-0.3, -0.25) is 0 Å². The number of benzene rings is 3. The van der Waals surface area contributed by atoms with Gasteiger partial charge in [-0.1, -0.05) is 63.2 Å². The molecule has 0 atom stereocenters. The molecule has 4 heteroatoms. The third-order valence-electron chi connectivity index (χ3n) is 5.47. The summed E-state index contributed by atoms with van der Waals surface area (Å²) in [5.41, 5.74) is 5.59. The number of hydrogen-bond donors (Lipinski definition) is 0. The van der Waals surface area contributed by atoms with Crippen LogP contribution in [0, 0.1) is 0 Å². The van der Waals surface area contributed by atoms with E-state index in [1.165, 1.54) is 11.8 Å². The standard InChI is InChI=1S/C26H26O3S/c1-26(2,3)21-13-9-18(10-14-21)23-17-20-7-5-6-8-24(20)29-25(23)19-11-15-22(16-12-19)30(4,27)28/h5-16H,17H2,1-4H3. The minimum absolute atomic E-state index is 0.0902. The van der Waals surface area contributed by atoms with Crippen LogP contribution in [0.5, 0.6) is 5.75 Å². The van der Waals surface area contributed by atoms with Crippen molar-refractivity contribution >= 4 is 21.2 Å². The van der Waals surface area contributed by atoms with Crippen LogP contribution in [0.2, 0.25) is 0 Å². The fraction of sp³-hybridized carbons (Fsp3) is 0.231. The van der Waals surface area contributed by atoms with Crippen LogP contribution >= 0.6 is 0 Å². The Bertz CT molecular complexity index is 1210. The Kier molecular flexibility index (Phi) is 5.07. The highest BCUT2D eigenvalue weighted by Crippen LogP contribution is 2.39. The molecule has 1 aliphatic heterocycles. The lowest BCUT2D eigenvalue weighted by Crippen LogP contribution is -2.12. The fourth-order valence-corrected chi connectivity index (χ4v) is 4.31. The van der Waals surface area contributed by atoms with Crippen molar-refractivity contribution < 1.29 is 13.2 Å². The molecule has 0 N–H and O–H groups in total. The topological polar surface area (TPSA) is 43.4 Å². The van der Waals surface area contributed by atoms with Gasteiger partial charge in [0.1, 0.15) is 11.5 Å². The largest absolute Gasteiger partial charge is 0.456 e. The molecule has 1 aliphatic rings. The van der Waals surface area contributed by atoms with Crippen molar-refractivity contribution in [3.05, 3.63) is 95.1 Å². The molecule has 0 spiro atoms. The summed E-state index contributed by atoms with van der Waals surface area (Å²) >= 11 is 0. The van der Waals surface area contributed by atoms with Gasteiger partial charge < -0.3 is 4.74 Å². The lowest BCUT2D eigenvalue weighted by atomic mass is 9.85. The predicted molar refractivity (Wildman–Crippen MR) is 122 cm³/mol. The summed E-state index contributed by atoms with van der Waals surface area (Å²) in [4.78, 5) is 0.305. The predicted octanol–water partition coefficient (Wildman–Crippen LogP) is 5.89. The quantitative estimate of drug-likeness (QED) is 0.533. The Labute approximate surface area is 179 Å². The van der Waals surface area contributed by atoms with Crippen molar-refractivity contribution in [2.45, 2.75) is 37.5 Å². The van der Waals surface area contributed by atoms with Gasteiger partial charge in [-0.05, 0) is 52.4 Å². The van der Waals surface area contributed by atoms with Crippen molar-refractivity contribution in [2.75, 3.05) is 6.26 Å². The van der Waals surface area contributed by atoms with Crippen LogP contribution in [0.25, 0.3) is 11.3 Å². The second-order valence-electron chi connectivity index (χ2n) is 8.82. The van der Waals surface area contributed by atoms with Gasteiger partial charge in [-0.2, -0.15) is 0 Å². The average molecular weight is 419 g/mol. The van der Waals surface area contributed by atoms with Gasteiger partial charge in [0.2, 0.25) is 0 Å². The van der Waals surface area contributed by atoms with Gasteiger partial charge in [0.15, 0.2) is 9.84 Å². The minimum Gasteiger partial charge on any atom is -0.456 e. The Hall–Kier alpha value is -2.85. The normalized spacial score (nSPS) is 14.3. The zero-order chi connectivity index (χ0) is 21.5. The molecule has 3 nitrogen and oxygen atoms in total. The molecule has 0 saturated carbocycles. The summed E-state index contributed by atoms with van der Waals surface area (Å²) in [5.74, 6) is 1.62. The van der Waals surface area contributed by atoms with Crippen molar-refractivity contribution in [1.82, 2.24) is 0 Å². The maximum Gasteiger partial charge on any atom is 0.175 e. The maximum atomic E-state index is 11.8. The number of hydrogen-bond acceptors (Lipinski definition) is 3. The molecule has 0 amide bonds. The molecule has 30 heavy (non-hydrogen) atoms. The van der Waals surface area contributed by atoms with Gasteiger partial charge in [-0.15, -0.1) is 0 Å². The summed E-state index contributed by atoms with van der Waals surface area (Å²) in [6.45, 7) is 6.61. The molecule has 0 radical (unpaired) electrons. The molecule has 3 aromatic carbocycles. The summed E-state index contributed by atoms with van der Waals surface area (Å²) in [7, 11) is -3.24. The van der Waals surface area contributed by atoms with E-state index in [1.807, 2.05) is 30.3 Å². The lowest BCUT2D eigenvalue weighted by Gasteiger charge is -2.25. The first-order valence-electron chi connectivity index (χ1n) is 10.0. The van der Waals surface area contributed by atoms with Gasteiger partial charge >= 0.3 is 0 Å². The van der Waals surface area contributed by atoms with E-state index in [1.54, 1.807) is 12.1 Å². The number of ether oxygens (including phenoxy) is 1. The Balaban J connectivity index is 1.82. The number of para-hydroxylation sites is 1. The highest BCUT2D eigenvalue weighted by atomic mass is 32.2. The molecule has 0 saturated heterocycles. The summed E-state index contributed by atoms with van der Waals surface area (Å²) in [6, 6.07) is 23.6. The lowest BCUT2D eigenvalue weighted by molar-refractivity contribution is 0.502. The summed E-state index contributed by atoms with van der Waals surface area (Å²) < 4.78 is 30.0. The molecular formula is C26H26O3S. The van der Waals surface area contributed by atoms with Crippen molar-refractivity contribution in [1.29, 1.82) is 0 Å².